The van der Waals surface area contributed by atoms with Crippen molar-refractivity contribution in [1.82, 2.24) is 15.0 Å². The summed E-state index contributed by atoms with van der Waals surface area (Å²) >= 11 is 0. The zero-order valence-electron chi connectivity index (χ0n) is 9.88. The first-order valence-corrected chi connectivity index (χ1v) is 5.94. The first-order valence-electron chi connectivity index (χ1n) is 5.94. The van der Waals surface area contributed by atoms with Crippen LogP contribution in [0.2, 0.25) is 0 Å². The summed E-state index contributed by atoms with van der Waals surface area (Å²) in [6.07, 6.45) is 1.74. The first-order chi connectivity index (χ1) is 8.88. The van der Waals surface area contributed by atoms with Gasteiger partial charge in [-0.3, -0.25) is 0 Å². The maximum Gasteiger partial charge on any atom is 0.177 e. The summed E-state index contributed by atoms with van der Waals surface area (Å²) in [6, 6.07) is 14.0. The molecule has 0 aliphatic carbocycles. The number of hydrogen-bond donors (Lipinski definition) is 2. The van der Waals surface area contributed by atoms with Gasteiger partial charge in [0.05, 0.1) is 11.4 Å². The van der Waals surface area contributed by atoms with Gasteiger partial charge in [0.15, 0.2) is 5.65 Å². The second kappa shape index (κ2) is 4.58. The van der Waals surface area contributed by atoms with Crippen LogP contribution in [0.5, 0.6) is 0 Å². The second-order valence-corrected chi connectivity index (χ2v) is 4.20. The summed E-state index contributed by atoms with van der Waals surface area (Å²) < 4.78 is 0. The topological polar surface area (TPSA) is 67.6 Å². The molecule has 3 N–H and O–H groups in total. The Morgan fingerprint density at radius 1 is 1.11 bits per heavy atom. The zero-order chi connectivity index (χ0) is 12.4. The molecular formula is C14H14N4. The Morgan fingerprint density at radius 3 is 2.67 bits per heavy atom. The molecule has 0 bridgehead atoms. The summed E-state index contributed by atoms with van der Waals surface area (Å²) in [5.41, 5.74) is 8.73. The molecule has 2 heterocycles. The molecule has 90 valence electrons. The van der Waals surface area contributed by atoms with Gasteiger partial charge in [0.25, 0.3) is 0 Å². The molecule has 0 aliphatic rings. The molecule has 0 amide bonds. The summed E-state index contributed by atoms with van der Waals surface area (Å²) in [7, 11) is 0. The van der Waals surface area contributed by atoms with E-state index in [0.29, 0.717) is 6.54 Å². The number of benzene rings is 1. The number of nitrogens with zero attached hydrogens (tertiary/aromatic N) is 2. The van der Waals surface area contributed by atoms with E-state index in [0.717, 1.165) is 17.0 Å². The molecule has 2 aromatic heterocycles. The molecule has 18 heavy (non-hydrogen) atoms. The number of nitrogens with one attached hydrogen (secondary N) is 1. The van der Waals surface area contributed by atoms with Gasteiger partial charge in [-0.15, -0.1) is 0 Å². The Labute approximate surface area is 105 Å². The highest BCUT2D eigenvalue weighted by Gasteiger charge is 2.16. The van der Waals surface area contributed by atoms with E-state index in [1.807, 2.05) is 30.3 Å². The highest BCUT2D eigenvalue weighted by molar-refractivity contribution is 5.70. The number of nitrogens with two attached hydrogens (primary N) is 1. The summed E-state index contributed by atoms with van der Waals surface area (Å²) in [5, 5.41) is 0. The van der Waals surface area contributed by atoms with E-state index in [9.17, 15) is 0 Å². The Hall–Kier alpha value is -2.20. The zero-order valence-corrected chi connectivity index (χ0v) is 9.88. The lowest BCUT2D eigenvalue weighted by molar-refractivity contribution is 0.768. The smallest absolute Gasteiger partial charge is 0.177 e. The molecule has 3 aromatic rings. The fourth-order valence-electron chi connectivity index (χ4n) is 2.12. The van der Waals surface area contributed by atoms with Gasteiger partial charge in [0.1, 0.15) is 5.82 Å². The van der Waals surface area contributed by atoms with Gasteiger partial charge < -0.3 is 10.7 Å². The second-order valence-electron chi connectivity index (χ2n) is 4.20. The Morgan fingerprint density at radius 2 is 1.94 bits per heavy atom. The fourth-order valence-corrected chi connectivity index (χ4v) is 2.12. The molecule has 3 rings (SSSR count). The predicted octanol–water partition coefficient (Wildman–Crippen LogP) is 2.05. The number of aromatic nitrogens is 3. The molecule has 0 saturated heterocycles. The van der Waals surface area contributed by atoms with E-state index < -0.39 is 0 Å². The van der Waals surface area contributed by atoms with Gasteiger partial charge in [-0.25, -0.2) is 9.97 Å². The highest BCUT2D eigenvalue weighted by atomic mass is 15.0. The lowest BCUT2D eigenvalue weighted by Crippen LogP contribution is -2.15. The van der Waals surface area contributed by atoms with E-state index in [1.54, 1.807) is 6.20 Å². The molecule has 1 atom stereocenters. The molecule has 0 spiro atoms. The number of H-pyrrole nitrogens is 1. The molecule has 0 saturated carbocycles. The monoisotopic (exact) mass is 238 g/mol. The third-order valence-electron chi connectivity index (χ3n) is 3.04. The molecule has 0 radical (unpaired) electrons. The quantitative estimate of drug-likeness (QED) is 0.733. The minimum Gasteiger partial charge on any atom is -0.340 e. The van der Waals surface area contributed by atoms with Crippen LogP contribution < -0.4 is 5.73 Å². The van der Waals surface area contributed by atoms with Gasteiger partial charge in [-0.1, -0.05) is 30.3 Å². The average molecular weight is 238 g/mol. The lowest BCUT2D eigenvalue weighted by atomic mass is 9.99. The molecule has 1 unspecified atom stereocenters. The van der Waals surface area contributed by atoms with Crippen LogP contribution >= 0.6 is 0 Å². The molecular weight excluding hydrogens is 224 g/mol. The third kappa shape index (κ3) is 1.87. The Bertz CT molecular complexity index is 612. The van der Waals surface area contributed by atoms with Crippen LogP contribution in [0.3, 0.4) is 0 Å². The van der Waals surface area contributed by atoms with Crippen molar-refractivity contribution < 1.29 is 0 Å². The standard InChI is InChI=1S/C14H14N4/c15-9-11(10-5-2-1-3-6-10)13-17-12-7-4-8-16-14(12)18-13/h1-8,11H,9,15H2,(H,16,17,18). The molecule has 0 fully saturated rings. The third-order valence-corrected chi connectivity index (χ3v) is 3.04. The first kappa shape index (κ1) is 10.9. The minimum absolute atomic E-state index is 0.0837. The molecule has 4 nitrogen and oxygen atoms in total. The predicted molar refractivity (Wildman–Crippen MR) is 71.2 cm³/mol. The number of aromatic amines is 1. The minimum atomic E-state index is 0.0837. The number of fused-ring (bicyclic) bond motifs is 1. The van der Waals surface area contributed by atoms with Gasteiger partial charge in [-0.05, 0) is 17.7 Å². The van der Waals surface area contributed by atoms with Crippen molar-refractivity contribution in [3.05, 3.63) is 60.0 Å². The highest BCUT2D eigenvalue weighted by Crippen LogP contribution is 2.22. The number of hydrogen-bond acceptors (Lipinski definition) is 3. The van der Waals surface area contributed by atoms with Gasteiger partial charge in [0, 0.05) is 12.7 Å². The maximum absolute atomic E-state index is 5.88. The van der Waals surface area contributed by atoms with Crippen LogP contribution in [-0.2, 0) is 0 Å². The number of imidazole rings is 1. The van der Waals surface area contributed by atoms with E-state index in [-0.39, 0.29) is 5.92 Å². The largest absolute Gasteiger partial charge is 0.340 e. The van der Waals surface area contributed by atoms with Crippen molar-refractivity contribution >= 4 is 11.2 Å². The maximum atomic E-state index is 5.88. The number of rotatable bonds is 3. The van der Waals surface area contributed by atoms with E-state index in [2.05, 4.69) is 27.1 Å². The summed E-state index contributed by atoms with van der Waals surface area (Å²) in [4.78, 5) is 12.0. The molecule has 1 aromatic carbocycles. The lowest BCUT2D eigenvalue weighted by Gasteiger charge is -2.11. The molecule has 4 heteroatoms. The van der Waals surface area contributed by atoms with E-state index in [1.165, 1.54) is 5.56 Å². The fraction of sp³-hybridized carbons (Fsp3) is 0.143. The van der Waals surface area contributed by atoms with Crippen molar-refractivity contribution in [2.24, 2.45) is 5.73 Å². The van der Waals surface area contributed by atoms with Gasteiger partial charge in [-0.2, -0.15) is 0 Å². The van der Waals surface area contributed by atoms with Gasteiger partial charge >= 0.3 is 0 Å². The van der Waals surface area contributed by atoms with Crippen LogP contribution in [-0.4, -0.2) is 21.5 Å². The Kier molecular flexibility index (Phi) is 2.78. The SMILES string of the molecule is NCC(c1ccccc1)c1nc2ncccc2[nH]1. The normalized spacial score (nSPS) is 12.7. The van der Waals surface area contributed by atoms with E-state index >= 15 is 0 Å². The van der Waals surface area contributed by atoms with Crippen molar-refractivity contribution in [1.29, 1.82) is 0 Å². The summed E-state index contributed by atoms with van der Waals surface area (Å²) in [5.74, 6) is 0.956. The Balaban J connectivity index is 2.06. The van der Waals surface area contributed by atoms with E-state index in [4.69, 9.17) is 5.73 Å². The van der Waals surface area contributed by atoms with Crippen LogP contribution in [0.25, 0.3) is 11.2 Å². The molecule has 0 aliphatic heterocycles. The van der Waals surface area contributed by atoms with Crippen molar-refractivity contribution in [3.63, 3.8) is 0 Å². The van der Waals surface area contributed by atoms with Gasteiger partial charge in [0.2, 0.25) is 0 Å². The van der Waals surface area contributed by atoms with Crippen LogP contribution in [0, 0.1) is 0 Å². The van der Waals surface area contributed by atoms with Crippen molar-refractivity contribution in [2.45, 2.75) is 5.92 Å². The van der Waals surface area contributed by atoms with Crippen LogP contribution in [0.15, 0.2) is 48.7 Å². The van der Waals surface area contributed by atoms with Crippen molar-refractivity contribution in [3.8, 4) is 0 Å². The summed E-state index contributed by atoms with van der Waals surface area (Å²) in [6.45, 7) is 0.518. The average Bonchev–Trinajstić information content (AvgIpc) is 2.84. The van der Waals surface area contributed by atoms with Crippen LogP contribution in [0.1, 0.15) is 17.3 Å². The van der Waals surface area contributed by atoms with Crippen LogP contribution in [0.4, 0.5) is 0 Å². The number of pyridine rings is 1. The van der Waals surface area contributed by atoms with Crippen molar-refractivity contribution in [2.75, 3.05) is 6.54 Å².